The van der Waals surface area contributed by atoms with Crippen LogP contribution in [0.25, 0.3) is 16.8 Å². The number of fused-ring (bicyclic) bond motifs is 1. The number of carbonyl (C=O) groups is 2. The maximum Gasteiger partial charge on any atom is 0.293 e. The van der Waals surface area contributed by atoms with Crippen molar-refractivity contribution in [1.82, 2.24) is 4.90 Å². The summed E-state index contributed by atoms with van der Waals surface area (Å²) >= 11 is 10.4. The third-order valence-electron chi connectivity index (χ3n) is 5.59. The molecule has 1 heterocycles. The standard InChI is InChI=1S/C28H19BrClNO3S/c29-24-14-19(8-12-25(24)34-17-18-6-10-23(30)11-7-18)15-26-27(32)31(28(33)35-26)16-20-5-9-21-3-1-2-4-22(21)13-20/h1-15H,16-17H2/b26-15+. The predicted molar refractivity (Wildman–Crippen MR) is 145 cm³/mol. The Morgan fingerprint density at radius 1 is 0.886 bits per heavy atom. The normalized spacial score (nSPS) is 14.8. The molecule has 1 fully saturated rings. The first-order chi connectivity index (χ1) is 17.0. The number of hydrogen-bond acceptors (Lipinski definition) is 4. The highest BCUT2D eigenvalue weighted by atomic mass is 79.9. The summed E-state index contributed by atoms with van der Waals surface area (Å²) in [7, 11) is 0. The van der Waals surface area contributed by atoms with Crippen molar-refractivity contribution in [2.24, 2.45) is 0 Å². The summed E-state index contributed by atoms with van der Waals surface area (Å²) in [6.45, 7) is 0.650. The molecule has 0 N–H and O–H groups in total. The summed E-state index contributed by atoms with van der Waals surface area (Å²) in [4.78, 5) is 27.3. The number of benzene rings is 4. The van der Waals surface area contributed by atoms with Gasteiger partial charge in [-0.25, -0.2) is 0 Å². The zero-order valence-corrected chi connectivity index (χ0v) is 21.6. The SMILES string of the molecule is O=C1S/C(=C/c2ccc(OCc3ccc(Cl)cc3)c(Br)c2)C(=O)N1Cc1ccc2ccccc2c1. The van der Waals surface area contributed by atoms with E-state index in [1.807, 2.05) is 84.9 Å². The molecule has 0 atom stereocenters. The minimum absolute atomic E-state index is 0.244. The number of halogens is 2. The Kier molecular flexibility index (Phi) is 6.95. The fourth-order valence-electron chi connectivity index (χ4n) is 3.77. The van der Waals surface area contributed by atoms with E-state index in [2.05, 4.69) is 15.9 Å². The monoisotopic (exact) mass is 563 g/mol. The Balaban J connectivity index is 1.28. The van der Waals surface area contributed by atoms with Crippen molar-refractivity contribution >= 4 is 67.3 Å². The van der Waals surface area contributed by atoms with Gasteiger partial charge in [0.25, 0.3) is 11.1 Å². The van der Waals surface area contributed by atoms with Crippen molar-refractivity contribution in [3.05, 3.63) is 116 Å². The van der Waals surface area contributed by atoms with Crippen molar-refractivity contribution in [2.45, 2.75) is 13.2 Å². The van der Waals surface area contributed by atoms with E-state index in [1.54, 1.807) is 6.08 Å². The average Bonchev–Trinajstić information content (AvgIpc) is 3.12. The zero-order chi connectivity index (χ0) is 24.4. The summed E-state index contributed by atoms with van der Waals surface area (Å²) in [5, 5.41) is 2.62. The Hall–Kier alpha value is -3.06. The van der Waals surface area contributed by atoms with E-state index in [9.17, 15) is 9.59 Å². The second-order valence-electron chi connectivity index (χ2n) is 8.05. The molecule has 4 aromatic rings. The Labute approximate surface area is 220 Å². The third-order valence-corrected chi connectivity index (χ3v) is 7.37. The van der Waals surface area contributed by atoms with Gasteiger partial charge in [-0.2, -0.15) is 0 Å². The van der Waals surface area contributed by atoms with Crippen LogP contribution in [0.5, 0.6) is 5.75 Å². The molecule has 0 spiro atoms. The lowest BCUT2D eigenvalue weighted by atomic mass is 10.1. The highest BCUT2D eigenvalue weighted by molar-refractivity contribution is 9.10. The van der Waals surface area contributed by atoms with Gasteiger partial charge in [-0.1, -0.05) is 66.2 Å². The van der Waals surface area contributed by atoms with Crippen molar-refractivity contribution in [3.8, 4) is 5.75 Å². The quantitative estimate of drug-likeness (QED) is 0.222. The molecule has 4 aromatic carbocycles. The van der Waals surface area contributed by atoms with Crippen LogP contribution in [0.2, 0.25) is 5.02 Å². The Morgan fingerprint density at radius 3 is 2.40 bits per heavy atom. The number of hydrogen-bond donors (Lipinski definition) is 0. The topological polar surface area (TPSA) is 46.6 Å². The second-order valence-corrected chi connectivity index (χ2v) is 10.3. The van der Waals surface area contributed by atoms with Gasteiger partial charge < -0.3 is 4.74 Å². The molecular weight excluding hydrogens is 546 g/mol. The van der Waals surface area contributed by atoms with Crippen LogP contribution in [-0.4, -0.2) is 16.0 Å². The third kappa shape index (κ3) is 5.45. The van der Waals surface area contributed by atoms with Crippen molar-refractivity contribution in [2.75, 3.05) is 0 Å². The van der Waals surface area contributed by atoms with Gasteiger partial charge in [-0.15, -0.1) is 0 Å². The van der Waals surface area contributed by atoms with Crippen LogP contribution < -0.4 is 4.74 Å². The van der Waals surface area contributed by atoms with E-state index >= 15 is 0 Å². The smallest absolute Gasteiger partial charge is 0.293 e. The van der Waals surface area contributed by atoms with Gasteiger partial charge in [-0.3, -0.25) is 14.5 Å². The van der Waals surface area contributed by atoms with Gasteiger partial charge in [0.1, 0.15) is 12.4 Å². The van der Waals surface area contributed by atoms with Crippen LogP contribution in [0.15, 0.2) is 94.3 Å². The lowest BCUT2D eigenvalue weighted by Gasteiger charge is -2.13. The average molecular weight is 565 g/mol. The molecule has 174 valence electrons. The summed E-state index contributed by atoms with van der Waals surface area (Å²) < 4.78 is 6.65. The first-order valence-electron chi connectivity index (χ1n) is 10.9. The van der Waals surface area contributed by atoms with Crippen LogP contribution in [0.4, 0.5) is 4.79 Å². The highest BCUT2D eigenvalue weighted by Gasteiger charge is 2.35. The van der Waals surface area contributed by atoms with Crippen LogP contribution in [0.1, 0.15) is 16.7 Å². The van der Waals surface area contributed by atoms with Crippen molar-refractivity contribution in [1.29, 1.82) is 0 Å². The van der Waals surface area contributed by atoms with Crippen molar-refractivity contribution < 1.29 is 14.3 Å². The van der Waals surface area contributed by atoms with E-state index in [1.165, 1.54) is 4.90 Å². The first-order valence-corrected chi connectivity index (χ1v) is 12.8. The number of thioether (sulfide) groups is 1. The number of ether oxygens (including phenoxy) is 1. The van der Waals surface area contributed by atoms with E-state index in [0.717, 1.165) is 43.7 Å². The minimum Gasteiger partial charge on any atom is -0.488 e. The minimum atomic E-state index is -0.285. The summed E-state index contributed by atoms with van der Waals surface area (Å²) in [5.41, 5.74) is 2.72. The molecule has 0 unspecified atom stereocenters. The number of rotatable bonds is 6. The zero-order valence-electron chi connectivity index (χ0n) is 18.4. The number of nitrogens with zero attached hydrogens (tertiary/aromatic N) is 1. The summed E-state index contributed by atoms with van der Waals surface area (Å²) in [6, 6.07) is 27.0. The number of amides is 2. The fourth-order valence-corrected chi connectivity index (χ4v) is 5.25. The lowest BCUT2D eigenvalue weighted by molar-refractivity contribution is -0.123. The van der Waals surface area contributed by atoms with Crippen molar-refractivity contribution in [3.63, 3.8) is 0 Å². The van der Waals surface area contributed by atoms with E-state index in [4.69, 9.17) is 16.3 Å². The molecule has 35 heavy (non-hydrogen) atoms. The van der Waals surface area contributed by atoms with Crippen LogP contribution >= 0.6 is 39.3 Å². The van der Waals surface area contributed by atoms with Gasteiger partial charge in [0.15, 0.2) is 0 Å². The molecule has 7 heteroatoms. The molecule has 0 aliphatic carbocycles. The second kappa shape index (κ2) is 10.3. The molecule has 0 aromatic heterocycles. The van der Waals surface area contributed by atoms with Gasteiger partial charge in [0.05, 0.1) is 15.9 Å². The van der Waals surface area contributed by atoms with E-state index in [0.29, 0.717) is 22.3 Å². The lowest BCUT2D eigenvalue weighted by Crippen LogP contribution is -2.27. The van der Waals surface area contributed by atoms with Crippen LogP contribution in [-0.2, 0) is 17.9 Å². The molecule has 0 radical (unpaired) electrons. The highest BCUT2D eigenvalue weighted by Crippen LogP contribution is 2.35. The van der Waals surface area contributed by atoms with Gasteiger partial charge in [0.2, 0.25) is 0 Å². The molecule has 1 aliphatic rings. The van der Waals surface area contributed by atoms with Gasteiger partial charge in [-0.05, 0) is 91.6 Å². The number of imide groups is 1. The van der Waals surface area contributed by atoms with Crippen LogP contribution in [0, 0.1) is 0 Å². The molecular formula is C28H19BrClNO3S. The molecule has 5 rings (SSSR count). The summed E-state index contributed by atoms with van der Waals surface area (Å²) in [6.07, 6.45) is 1.74. The first kappa shape index (κ1) is 23.7. The molecule has 0 bridgehead atoms. The predicted octanol–water partition coefficient (Wildman–Crippen LogP) is 8.07. The Morgan fingerprint density at radius 2 is 1.63 bits per heavy atom. The number of carbonyl (C=O) groups excluding carboxylic acids is 2. The largest absolute Gasteiger partial charge is 0.488 e. The fraction of sp³-hybridized carbons (Fsp3) is 0.0714. The van der Waals surface area contributed by atoms with E-state index in [-0.39, 0.29) is 17.7 Å². The van der Waals surface area contributed by atoms with Gasteiger partial charge >= 0.3 is 0 Å². The molecule has 0 saturated carbocycles. The van der Waals surface area contributed by atoms with E-state index < -0.39 is 0 Å². The summed E-state index contributed by atoms with van der Waals surface area (Å²) in [5.74, 6) is 0.397. The van der Waals surface area contributed by atoms with Crippen LogP contribution in [0.3, 0.4) is 0 Å². The molecule has 2 amide bonds. The maximum atomic E-state index is 13.0. The molecule has 1 aliphatic heterocycles. The molecule has 4 nitrogen and oxygen atoms in total. The molecule has 1 saturated heterocycles. The maximum absolute atomic E-state index is 13.0. The Bertz CT molecular complexity index is 1470. The van der Waals surface area contributed by atoms with Gasteiger partial charge in [0, 0.05) is 5.02 Å².